The van der Waals surface area contributed by atoms with Gasteiger partial charge in [-0.1, -0.05) is 19.1 Å². The molecule has 0 spiro atoms. The Hall–Kier alpha value is -4.89. The highest BCUT2D eigenvalue weighted by Crippen LogP contribution is 2.31. The van der Waals surface area contributed by atoms with Crippen LogP contribution in [0.4, 0.5) is 11.4 Å². The number of aryl methyl sites for hydroxylation is 4. The summed E-state index contributed by atoms with van der Waals surface area (Å²) in [4.78, 5) is 13.8. The van der Waals surface area contributed by atoms with Crippen molar-refractivity contribution in [1.82, 2.24) is 24.5 Å². The third kappa shape index (κ3) is 12.1. The van der Waals surface area contributed by atoms with Crippen LogP contribution in [-0.4, -0.2) is 75.9 Å². The molecule has 3 unspecified atom stereocenters. The van der Waals surface area contributed by atoms with Crippen LogP contribution in [0.2, 0.25) is 0 Å². The Balaban J connectivity index is 0.000000340. The SMILES string of the molecule is CCN(CCO)c1ccc(N)c(C)c1.CCc1[nH]n2c(C(C)NS(=O)Oc3cc(C)ccc3C)nnc2c1Oc1ccc(C(=O)OC)cc1.O=S(O)OO. The third-order valence-electron chi connectivity index (χ3n) is 7.86. The number of esters is 1. The Morgan fingerprint density at radius 2 is 1.72 bits per heavy atom. The van der Waals surface area contributed by atoms with E-state index in [1.807, 2.05) is 65.0 Å². The van der Waals surface area contributed by atoms with Crippen molar-refractivity contribution >= 4 is 45.6 Å². The number of anilines is 2. The molecule has 0 saturated carbocycles. The van der Waals surface area contributed by atoms with Crippen molar-refractivity contribution in [3.8, 4) is 17.2 Å². The molecule has 5 rings (SSSR count). The molecule has 0 bridgehead atoms. The standard InChI is InChI=1S/C24H27N5O5S.C11H18N2O.H2O4S/c1-6-19-21(33-18-11-9-17(10-12-18)24(30)32-5)23-26-25-22(29(23)27-19)16(4)28-35(31)34-20-13-14(2)7-8-15(20)3;1-3-13(6-7-14)10-4-5-11(12)9(2)8-10;1-4-5(2)3/h7-13,16,27-28H,6H2,1-5H3;4-5,8,14H,3,6-7,12H2,1-2H3;1H,(H,2,3). The van der Waals surface area contributed by atoms with E-state index in [1.54, 1.807) is 28.8 Å². The number of nitrogens with one attached hydrogen (secondary N) is 2. The largest absolute Gasteiger partial charge is 0.465 e. The molecule has 0 radical (unpaired) electrons. The first-order chi connectivity index (χ1) is 25.8. The lowest BCUT2D eigenvalue weighted by molar-refractivity contribution is -0.131. The van der Waals surface area contributed by atoms with Crippen LogP contribution in [-0.2, 0) is 38.1 Å². The van der Waals surface area contributed by atoms with E-state index < -0.39 is 34.6 Å². The molecule has 5 aromatic rings. The molecule has 0 fully saturated rings. The molecular weight excluding hydrogens is 743 g/mol. The van der Waals surface area contributed by atoms with Gasteiger partial charge in [-0.05, 0) is 106 Å². The number of fused-ring (bicyclic) bond motifs is 1. The number of nitrogens with zero attached hydrogens (tertiary/aromatic N) is 4. The smallest absolute Gasteiger partial charge is 0.337 e. The number of nitrogens with two attached hydrogens (primary N) is 1. The number of aliphatic hydroxyl groups excluding tert-OH is 1. The van der Waals surface area contributed by atoms with Crippen molar-refractivity contribution in [3.05, 3.63) is 94.4 Å². The number of rotatable bonds is 14. The van der Waals surface area contributed by atoms with Crippen LogP contribution in [0.15, 0.2) is 60.7 Å². The first-order valence-electron chi connectivity index (χ1n) is 16.7. The molecule has 7 N–H and O–H groups in total. The molecule has 17 nitrogen and oxygen atoms in total. The fourth-order valence-electron chi connectivity index (χ4n) is 4.94. The van der Waals surface area contributed by atoms with Crippen molar-refractivity contribution in [1.29, 1.82) is 0 Å². The van der Waals surface area contributed by atoms with Gasteiger partial charge in [0.15, 0.2) is 11.6 Å². The zero-order valence-electron chi connectivity index (χ0n) is 31.1. The minimum absolute atomic E-state index is 0.178. The monoisotopic (exact) mass is 789 g/mol. The van der Waals surface area contributed by atoms with E-state index >= 15 is 0 Å². The van der Waals surface area contributed by atoms with Gasteiger partial charge in [0.05, 0.1) is 31.0 Å². The van der Waals surface area contributed by atoms with Gasteiger partial charge in [0.2, 0.25) is 5.65 Å². The number of nitrogen functional groups attached to an aromatic ring is 1. The summed E-state index contributed by atoms with van der Waals surface area (Å²) in [6.07, 6.45) is 0.655. The molecule has 2 aromatic heterocycles. The summed E-state index contributed by atoms with van der Waals surface area (Å²) in [6.45, 7) is 13.4. The summed E-state index contributed by atoms with van der Waals surface area (Å²) >= 11 is -4.32. The molecule has 0 amide bonds. The van der Waals surface area contributed by atoms with E-state index in [1.165, 1.54) is 7.11 Å². The second-order valence-electron chi connectivity index (χ2n) is 11.7. The fourth-order valence-corrected chi connectivity index (χ4v) is 5.73. The van der Waals surface area contributed by atoms with Crippen molar-refractivity contribution < 1.29 is 46.1 Å². The summed E-state index contributed by atoms with van der Waals surface area (Å²) in [7, 11) is 1.33. The van der Waals surface area contributed by atoms with E-state index in [0.717, 1.165) is 40.3 Å². The van der Waals surface area contributed by atoms with Crippen LogP contribution in [0.25, 0.3) is 5.65 Å². The Bertz CT molecular complexity index is 2020. The summed E-state index contributed by atoms with van der Waals surface area (Å²) < 4.78 is 52.8. The number of aromatic nitrogens is 4. The normalized spacial score (nSPS) is 12.4. The maximum absolute atomic E-state index is 12.6. The summed E-state index contributed by atoms with van der Waals surface area (Å²) in [6, 6.07) is 17.9. The molecule has 3 aromatic carbocycles. The van der Waals surface area contributed by atoms with Gasteiger partial charge in [0, 0.05) is 24.5 Å². The summed E-state index contributed by atoms with van der Waals surface area (Å²) in [5.74, 6) is 1.71. The molecule has 54 heavy (non-hydrogen) atoms. The molecule has 2 heterocycles. The summed E-state index contributed by atoms with van der Waals surface area (Å²) in [5, 5.41) is 27.8. The van der Waals surface area contributed by atoms with Crippen molar-refractivity contribution in [2.45, 2.75) is 54.0 Å². The molecule has 0 aliphatic carbocycles. The van der Waals surface area contributed by atoms with Gasteiger partial charge < -0.3 is 29.4 Å². The second-order valence-corrected chi connectivity index (χ2v) is 13.1. The predicted octanol–water partition coefficient (Wildman–Crippen LogP) is 5.13. The minimum atomic E-state index is -2.52. The number of aliphatic hydroxyl groups is 1. The highest BCUT2D eigenvalue weighted by atomic mass is 32.2. The van der Waals surface area contributed by atoms with Gasteiger partial charge in [-0.2, -0.15) is 13.1 Å². The van der Waals surface area contributed by atoms with Crippen LogP contribution in [0.5, 0.6) is 17.2 Å². The number of methoxy groups -OCH3 is 1. The number of likely N-dealkylation sites (N-methyl/N-ethyl adjacent to an activating group) is 1. The van der Waals surface area contributed by atoms with Crippen molar-refractivity contribution in [3.63, 3.8) is 0 Å². The quantitative estimate of drug-likeness (QED) is 0.0281. The Morgan fingerprint density at radius 1 is 1.04 bits per heavy atom. The van der Waals surface area contributed by atoms with Crippen LogP contribution in [0, 0.1) is 20.8 Å². The molecule has 19 heteroatoms. The van der Waals surface area contributed by atoms with Gasteiger partial charge in [0.25, 0.3) is 11.3 Å². The van der Waals surface area contributed by atoms with Crippen LogP contribution >= 0.6 is 0 Å². The number of hydrogen-bond donors (Lipinski definition) is 6. The van der Waals surface area contributed by atoms with E-state index in [-0.39, 0.29) is 6.61 Å². The second kappa shape index (κ2) is 21.1. The van der Waals surface area contributed by atoms with Gasteiger partial charge in [-0.25, -0.2) is 14.6 Å². The maximum atomic E-state index is 12.6. The van der Waals surface area contributed by atoms with Gasteiger partial charge in [0.1, 0.15) is 11.5 Å². The van der Waals surface area contributed by atoms with Crippen molar-refractivity contribution in [2.24, 2.45) is 0 Å². The maximum Gasteiger partial charge on any atom is 0.337 e. The van der Waals surface area contributed by atoms with Gasteiger partial charge in [-0.3, -0.25) is 9.65 Å². The molecule has 294 valence electrons. The molecule has 0 aliphatic heterocycles. The Morgan fingerprint density at radius 3 is 2.30 bits per heavy atom. The van der Waals surface area contributed by atoms with Gasteiger partial charge >= 0.3 is 17.3 Å². The Kier molecular flexibility index (Phi) is 17.0. The number of carbonyl (C=O) groups excluding carboxylic acids is 1. The topological polar surface area (TPSA) is 236 Å². The van der Waals surface area contributed by atoms with E-state index in [4.69, 9.17) is 38.5 Å². The van der Waals surface area contributed by atoms with Crippen molar-refractivity contribution in [2.75, 3.05) is 37.4 Å². The third-order valence-corrected chi connectivity index (χ3v) is 8.87. The number of hydrogen-bond acceptors (Lipinski definition) is 13. The number of carbonyl (C=O) groups is 1. The predicted molar refractivity (Wildman–Crippen MR) is 206 cm³/mol. The van der Waals surface area contributed by atoms with Crippen LogP contribution in [0.3, 0.4) is 0 Å². The lowest BCUT2D eigenvalue weighted by Crippen LogP contribution is -2.26. The summed E-state index contributed by atoms with van der Waals surface area (Å²) in [5.41, 5.74) is 12.4. The molecule has 0 aliphatic rings. The zero-order chi connectivity index (χ0) is 39.9. The van der Waals surface area contributed by atoms with Gasteiger partial charge in [-0.15, -0.1) is 14.5 Å². The lowest BCUT2D eigenvalue weighted by atomic mass is 10.1. The lowest BCUT2D eigenvalue weighted by Gasteiger charge is -2.22. The van der Waals surface area contributed by atoms with Crippen LogP contribution < -0.4 is 24.3 Å². The molecule has 0 saturated heterocycles. The number of ether oxygens (including phenoxy) is 2. The van der Waals surface area contributed by atoms with E-state index in [0.29, 0.717) is 47.2 Å². The molecular formula is C35H47N7O10S2. The average molecular weight is 790 g/mol. The first kappa shape index (κ1) is 43.5. The van der Waals surface area contributed by atoms with Crippen LogP contribution in [0.1, 0.15) is 65.4 Å². The Labute approximate surface area is 318 Å². The highest BCUT2D eigenvalue weighted by molar-refractivity contribution is 7.78. The average Bonchev–Trinajstić information content (AvgIpc) is 3.73. The minimum Gasteiger partial charge on any atom is -0.465 e. The number of H-pyrrole nitrogens is 1. The highest BCUT2D eigenvalue weighted by Gasteiger charge is 2.23. The number of aromatic amines is 1. The first-order valence-corrected chi connectivity index (χ1v) is 18.8. The van der Waals surface area contributed by atoms with E-state index in [2.05, 4.69) is 42.2 Å². The molecule has 3 atom stereocenters. The fraction of sp³-hybridized carbons (Fsp3) is 0.343. The zero-order valence-corrected chi connectivity index (χ0v) is 32.7. The van der Waals surface area contributed by atoms with E-state index in [9.17, 15) is 9.00 Å². The number of benzene rings is 3.